The summed E-state index contributed by atoms with van der Waals surface area (Å²) < 4.78 is 50.0. The van der Waals surface area contributed by atoms with Gasteiger partial charge in [0.1, 0.15) is 6.61 Å². The molecule has 0 saturated heterocycles. The van der Waals surface area contributed by atoms with Crippen LogP contribution in [-0.4, -0.2) is 18.5 Å². The van der Waals surface area contributed by atoms with Crippen LogP contribution in [0.3, 0.4) is 0 Å². The monoisotopic (exact) mass is 473 g/mol. The molecular weight excluding hydrogens is 451 g/mol. The average Bonchev–Trinajstić information content (AvgIpc) is 2.82. The fraction of sp³-hybridized carbons (Fsp3) is 0.167. The summed E-state index contributed by atoms with van der Waals surface area (Å²) in [4.78, 5) is 0. The van der Waals surface area contributed by atoms with E-state index in [9.17, 15) is 13.2 Å². The minimum atomic E-state index is -4.42. The van der Waals surface area contributed by atoms with Gasteiger partial charge >= 0.3 is 6.18 Å². The standard InChI is InChI=1S/C24H22F3N3O2S/c1-31-21-12-6-10-19(14-29-30-23(28)33-16-17-7-3-2-4-8-17)22(21)32-15-18-9-5-11-20(13-18)24(25,26)27/h2-14H,15-16H2,1H3,(H2,28,30). The van der Waals surface area contributed by atoms with E-state index in [1.165, 1.54) is 31.2 Å². The topological polar surface area (TPSA) is 69.2 Å². The molecule has 9 heteroatoms. The smallest absolute Gasteiger partial charge is 0.416 e. The summed E-state index contributed by atoms with van der Waals surface area (Å²) in [6, 6.07) is 20.0. The zero-order chi connectivity index (χ0) is 23.7. The number of benzene rings is 3. The molecule has 3 aromatic carbocycles. The molecule has 0 aliphatic heterocycles. The Bertz CT molecular complexity index is 1120. The summed E-state index contributed by atoms with van der Waals surface area (Å²) in [5.74, 6) is 1.42. The Balaban J connectivity index is 1.70. The molecule has 0 aromatic heterocycles. The van der Waals surface area contributed by atoms with E-state index >= 15 is 0 Å². The third-order valence-electron chi connectivity index (χ3n) is 4.45. The predicted octanol–water partition coefficient (Wildman–Crippen LogP) is 5.88. The molecule has 0 saturated carbocycles. The number of alkyl halides is 3. The Morgan fingerprint density at radius 2 is 1.73 bits per heavy atom. The lowest BCUT2D eigenvalue weighted by Crippen LogP contribution is -2.07. The van der Waals surface area contributed by atoms with Crippen molar-refractivity contribution in [1.82, 2.24) is 0 Å². The van der Waals surface area contributed by atoms with Gasteiger partial charge in [0, 0.05) is 11.3 Å². The molecule has 5 nitrogen and oxygen atoms in total. The van der Waals surface area contributed by atoms with Gasteiger partial charge in [0.05, 0.1) is 18.9 Å². The third kappa shape index (κ3) is 7.28. The van der Waals surface area contributed by atoms with E-state index < -0.39 is 11.7 Å². The van der Waals surface area contributed by atoms with Crippen LogP contribution in [0.2, 0.25) is 0 Å². The van der Waals surface area contributed by atoms with Crippen molar-refractivity contribution < 1.29 is 22.6 Å². The molecule has 3 aromatic rings. The molecule has 0 spiro atoms. The average molecular weight is 474 g/mol. The molecule has 2 N–H and O–H groups in total. The van der Waals surface area contributed by atoms with E-state index in [2.05, 4.69) is 10.2 Å². The summed E-state index contributed by atoms with van der Waals surface area (Å²) >= 11 is 1.35. The molecule has 0 unspecified atom stereocenters. The number of hydrogen-bond donors (Lipinski definition) is 1. The minimum absolute atomic E-state index is 0.0799. The maximum Gasteiger partial charge on any atom is 0.416 e. The second kappa shape index (κ2) is 11.4. The lowest BCUT2D eigenvalue weighted by molar-refractivity contribution is -0.137. The Labute approximate surface area is 194 Å². The highest BCUT2D eigenvalue weighted by Crippen LogP contribution is 2.32. The van der Waals surface area contributed by atoms with Crippen LogP contribution in [0.5, 0.6) is 11.5 Å². The predicted molar refractivity (Wildman–Crippen MR) is 126 cm³/mol. The molecule has 0 heterocycles. The van der Waals surface area contributed by atoms with Gasteiger partial charge in [-0.25, -0.2) is 0 Å². The van der Waals surface area contributed by atoms with E-state index in [0.29, 0.717) is 33.5 Å². The van der Waals surface area contributed by atoms with E-state index in [-0.39, 0.29) is 6.61 Å². The van der Waals surface area contributed by atoms with Crippen molar-refractivity contribution in [3.05, 3.63) is 95.1 Å². The van der Waals surface area contributed by atoms with Gasteiger partial charge in [0.25, 0.3) is 0 Å². The SMILES string of the molecule is COc1cccc(C=NN=C(N)SCc2ccccc2)c1OCc1cccc(C(F)(F)F)c1. The number of ether oxygens (including phenoxy) is 2. The van der Waals surface area contributed by atoms with E-state index in [4.69, 9.17) is 15.2 Å². The summed E-state index contributed by atoms with van der Waals surface area (Å²) in [6.45, 7) is -0.0799. The zero-order valence-electron chi connectivity index (χ0n) is 17.8. The first-order chi connectivity index (χ1) is 15.9. The van der Waals surface area contributed by atoms with Gasteiger partial charge in [0.2, 0.25) is 0 Å². The second-order valence-electron chi connectivity index (χ2n) is 6.82. The molecule has 0 atom stereocenters. The number of thioether (sulfide) groups is 1. The molecule has 0 aliphatic rings. The Morgan fingerprint density at radius 1 is 1.00 bits per heavy atom. The maximum absolute atomic E-state index is 13.0. The van der Waals surface area contributed by atoms with Crippen molar-refractivity contribution in [3.8, 4) is 11.5 Å². The van der Waals surface area contributed by atoms with Crippen molar-refractivity contribution in [3.63, 3.8) is 0 Å². The molecule has 3 rings (SSSR count). The zero-order valence-corrected chi connectivity index (χ0v) is 18.6. The fourth-order valence-corrected chi connectivity index (χ4v) is 3.46. The van der Waals surface area contributed by atoms with E-state index in [1.807, 2.05) is 30.3 Å². The first-order valence-corrected chi connectivity index (χ1v) is 10.8. The van der Waals surface area contributed by atoms with Crippen molar-refractivity contribution in [2.45, 2.75) is 18.5 Å². The number of nitrogens with two attached hydrogens (primary N) is 1. The van der Waals surface area contributed by atoms with Crippen LogP contribution in [0.4, 0.5) is 13.2 Å². The molecule has 0 amide bonds. The molecule has 0 aliphatic carbocycles. The lowest BCUT2D eigenvalue weighted by Gasteiger charge is -2.14. The van der Waals surface area contributed by atoms with Crippen LogP contribution in [0.15, 0.2) is 83.0 Å². The fourth-order valence-electron chi connectivity index (χ4n) is 2.85. The number of rotatable bonds is 8. The first-order valence-electron chi connectivity index (χ1n) is 9.86. The van der Waals surface area contributed by atoms with Crippen LogP contribution in [-0.2, 0) is 18.5 Å². The van der Waals surface area contributed by atoms with Gasteiger partial charge in [-0.3, -0.25) is 0 Å². The quantitative estimate of drug-likeness (QED) is 0.252. The summed E-state index contributed by atoms with van der Waals surface area (Å²) in [7, 11) is 1.48. The number of halogens is 3. The van der Waals surface area contributed by atoms with Gasteiger partial charge in [-0.05, 0) is 35.4 Å². The Hall–Kier alpha value is -3.46. The highest BCUT2D eigenvalue weighted by molar-refractivity contribution is 8.13. The van der Waals surface area contributed by atoms with Crippen LogP contribution >= 0.6 is 11.8 Å². The molecule has 0 radical (unpaired) electrons. The molecule has 172 valence electrons. The van der Waals surface area contributed by atoms with E-state index in [0.717, 1.165) is 17.7 Å². The summed E-state index contributed by atoms with van der Waals surface area (Å²) in [6.07, 6.45) is -2.96. The number of para-hydroxylation sites is 1. The Morgan fingerprint density at radius 3 is 2.45 bits per heavy atom. The maximum atomic E-state index is 13.0. The van der Waals surface area contributed by atoms with Crippen LogP contribution in [0, 0.1) is 0 Å². The van der Waals surface area contributed by atoms with Gasteiger partial charge in [0.15, 0.2) is 16.7 Å². The minimum Gasteiger partial charge on any atom is -0.493 e. The van der Waals surface area contributed by atoms with Crippen LogP contribution in [0.1, 0.15) is 22.3 Å². The summed E-state index contributed by atoms with van der Waals surface area (Å²) in [5, 5.41) is 8.31. The molecule has 0 fully saturated rings. The van der Waals surface area contributed by atoms with Crippen molar-refractivity contribution in [2.75, 3.05) is 7.11 Å². The lowest BCUT2D eigenvalue weighted by atomic mass is 10.1. The number of nitrogens with zero attached hydrogens (tertiary/aromatic N) is 2. The molecule has 33 heavy (non-hydrogen) atoms. The van der Waals surface area contributed by atoms with Gasteiger partial charge in [-0.2, -0.15) is 18.3 Å². The normalized spacial score (nSPS) is 12.2. The highest BCUT2D eigenvalue weighted by Gasteiger charge is 2.30. The van der Waals surface area contributed by atoms with Gasteiger partial charge in [-0.1, -0.05) is 60.3 Å². The third-order valence-corrected chi connectivity index (χ3v) is 5.30. The molecular formula is C24H22F3N3O2S. The first kappa shape index (κ1) is 24.2. The van der Waals surface area contributed by atoms with Crippen LogP contribution in [0.25, 0.3) is 0 Å². The van der Waals surface area contributed by atoms with Gasteiger partial charge in [-0.15, -0.1) is 5.10 Å². The second-order valence-corrected chi connectivity index (χ2v) is 7.82. The van der Waals surface area contributed by atoms with Crippen molar-refractivity contribution in [1.29, 1.82) is 0 Å². The van der Waals surface area contributed by atoms with Gasteiger partial charge < -0.3 is 15.2 Å². The number of methoxy groups -OCH3 is 1. The largest absolute Gasteiger partial charge is 0.493 e. The molecule has 0 bridgehead atoms. The van der Waals surface area contributed by atoms with Crippen molar-refractivity contribution >= 4 is 23.1 Å². The van der Waals surface area contributed by atoms with Crippen molar-refractivity contribution in [2.24, 2.45) is 15.9 Å². The summed E-state index contributed by atoms with van der Waals surface area (Å²) in [5.41, 5.74) is 7.22. The number of amidine groups is 1. The van der Waals surface area contributed by atoms with Crippen LogP contribution < -0.4 is 15.2 Å². The Kier molecular flexibility index (Phi) is 8.37. The highest BCUT2D eigenvalue weighted by atomic mass is 32.2. The van der Waals surface area contributed by atoms with E-state index in [1.54, 1.807) is 24.3 Å². The number of hydrogen-bond acceptors (Lipinski definition) is 5.